The molecule has 2 heterocycles. The lowest BCUT2D eigenvalue weighted by molar-refractivity contribution is -0.123. The number of carbonyl (C=O) groups is 1. The summed E-state index contributed by atoms with van der Waals surface area (Å²) in [4.78, 5) is 26.5. The predicted molar refractivity (Wildman–Crippen MR) is 97.1 cm³/mol. The van der Waals surface area contributed by atoms with E-state index in [1.807, 2.05) is 26.8 Å². The molecule has 1 aliphatic heterocycles. The largest absolute Gasteiger partial charge is 0.423 e. The van der Waals surface area contributed by atoms with Gasteiger partial charge in [0.25, 0.3) is 0 Å². The Morgan fingerprint density at radius 3 is 2.60 bits per heavy atom. The number of nitrogens with zero attached hydrogens (tertiary/aromatic N) is 1. The Morgan fingerprint density at radius 1 is 1.20 bits per heavy atom. The molecule has 1 atom stereocenters. The zero-order valence-electron chi connectivity index (χ0n) is 14.9. The molecule has 0 bridgehead atoms. The molecule has 1 aromatic carbocycles. The van der Waals surface area contributed by atoms with Gasteiger partial charge in [-0.25, -0.2) is 4.79 Å². The van der Waals surface area contributed by atoms with Crippen LogP contribution in [0.5, 0.6) is 0 Å². The molecule has 0 radical (unpaired) electrons. The van der Waals surface area contributed by atoms with E-state index in [-0.39, 0.29) is 17.6 Å². The third kappa shape index (κ3) is 3.75. The normalized spacial score (nSPS) is 16.8. The van der Waals surface area contributed by atoms with Gasteiger partial charge in [-0.15, -0.1) is 0 Å². The molecule has 6 heteroatoms. The summed E-state index contributed by atoms with van der Waals surface area (Å²) in [5.41, 5.74) is 2.63. The van der Waals surface area contributed by atoms with Crippen LogP contribution in [-0.4, -0.2) is 43.2 Å². The maximum absolute atomic E-state index is 12.8. The highest BCUT2D eigenvalue weighted by atomic mass is 16.5. The molecule has 25 heavy (non-hydrogen) atoms. The predicted octanol–water partition coefficient (Wildman–Crippen LogP) is 2.46. The highest BCUT2D eigenvalue weighted by Crippen LogP contribution is 2.25. The summed E-state index contributed by atoms with van der Waals surface area (Å²) in [5, 5.41) is 3.88. The van der Waals surface area contributed by atoms with Crippen LogP contribution in [0.2, 0.25) is 0 Å². The molecular weight excluding hydrogens is 320 g/mol. The van der Waals surface area contributed by atoms with E-state index in [0.29, 0.717) is 18.8 Å². The van der Waals surface area contributed by atoms with E-state index in [1.54, 1.807) is 6.07 Å². The number of aryl methyl sites for hydroxylation is 2. The smallest absolute Gasteiger partial charge is 0.336 e. The number of rotatable bonds is 4. The molecule has 1 aromatic heterocycles. The monoisotopic (exact) mass is 344 g/mol. The lowest BCUT2D eigenvalue weighted by Gasteiger charge is -2.33. The first-order valence-electron chi connectivity index (χ1n) is 8.67. The van der Waals surface area contributed by atoms with Crippen LogP contribution >= 0.6 is 0 Å². The van der Waals surface area contributed by atoms with E-state index in [2.05, 4.69) is 10.2 Å². The number of ether oxygens (including phenoxy) is 1. The number of anilines is 1. The lowest BCUT2D eigenvalue weighted by Crippen LogP contribution is -2.49. The van der Waals surface area contributed by atoms with Crippen molar-refractivity contribution in [2.24, 2.45) is 0 Å². The van der Waals surface area contributed by atoms with Gasteiger partial charge in [-0.3, -0.25) is 9.69 Å². The van der Waals surface area contributed by atoms with E-state index in [9.17, 15) is 9.59 Å². The second-order valence-electron chi connectivity index (χ2n) is 6.47. The number of amides is 1. The Kier molecular flexibility index (Phi) is 5.20. The van der Waals surface area contributed by atoms with Gasteiger partial charge in [0.2, 0.25) is 5.91 Å². The molecule has 1 aliphatic rings. The van der Waals surface area contributed by atoms with Crippen molar-refractivity contribution in [1.82, 2.24) is 4.90 Å². The van der Waals surface area contributed by atoms with E-state index in [4.69, 9.17) is 9.15 Å². The molecule has 1 saturated heterocycles. The first kappa shape index (κ1) is 17.6. The molecule has 6 nitrogen and oxygen atoms in total. The maximum atomic E-state index is 12.8. The minimum atomic E-state index is -0.362. The van der Waals surface area contributed by atoms with Crippen molar-refractivity contribution in [3.05, 3.63) is 39.7 Å². The van der Waals surface area contributed by atoms with Gasteiger partial charge in [0.05, 0.1) is 19.3 Å². The molecule has 1 unspecified atom stereocenters. The van der Waals surface area contributed by atoms with Gasteiger partial charge < -0.3 is 14.5 Å². The van der Waals surface area contributed by atoms with Crippen LogP contribution in [-0.2, 0) is 9.53 Å². The molecule has 1 amide bonds. The maximum Gasteiger partial charge on any atom is 0.336 e. The van der Waals surface area contributed by atoms with Crippen LogP contribution in [0, 0.1) is 13.8 Å². The molecule has 0 saturated carbocycles. The van der Waals surface area contributed by atoms with Crippen LogP contribution in [0.25, 0.3) is 11.0 Å². The second-order valence-corrected chi connectivity index (χ2v) is 6.47. The summed E-state index contributed by atoms with van der Waals surface area (Å²) in [6.07, 6.45) is 0.742. The lowest BCUT2D eigenvalue weighted by atomic mass is 10.1. The van der Waals surface area contributed by atoms with Crippen LogP contribution in [0.1, 0.15) is 24.5 Å². The van der Waals surface area contributed by atoms with Crippen LogP contribution in [0.3, 0.4) is 0 Å². The summed E-state index contributed by atoms with van der Waals surface area (Å²) in [7, 11) is 0. The Balaban J connectivity index is 1.87. The first-order chi connectivity index (χ1) is 12.0. The number of hydrogen-bond donors (Lipinski definition) is 1. The second kappa shape index (κ2) is 7.37. The quantitative estimate of drug-likeness (QED) is 0.863. The van der Waals surface area contributed by atoms with Gasteiger partial charge >= 0.3 is 5.63 Å². The Labute approximate surface area is 146 Å². The van der Waals surface area contributed by atoms with Crippen molar-refractivity contribution in [1.29, 1.82) is 0 Å². The highest BCUT2D eigenvalue weighted by molar-refractivity contribution is 5.98. The van der Waals surface area contributed by atoms with E-state index >= 15 is 0 Å². The minimum absolute atomic E-state index is 0.0121. The van der Waals surface area contributed by atoms with Crippen molar-refractivity contribution in [2.45, 2.75) is 33.2 Å². The topological polar surface area (TPSA) is 71.8 Å². The summed E-state index contributed by atoms with van der Waals surface area (Å²) in [6, 6.07) is 4.97. The SMILES string of the molecule is CCC(C(=O)Nc1cc2c(C)cc(=O)oc2cc1C)N1CCOCC1. The molecule has 3 rings (SSSR count). The Bertz CT molecular complexity index is 837. The highest BCUT2D eigenvalue weighted by Gasteiger charge is 2.26. The molecular formula is C19H24N2O4. The summed E-state index contributed by atoms with van der Waals surface area (Å²) in [5.74, 6) is -0.0121. The molecule has 2 aromatic rings. The van der Waals surface area contributed by atoms with E-state index < -0.39 is 0 Å². The first-order valence-corrected chi connectivity index (χ1v) is 8.67. The Hall–Kier alpha value is -2.18. The fourth-order valence-electron chi connectivity index (χ4n) is 3.32. The summed E-state index contributed by atoms with van der Waals surface area (Å²) in [6.45, 7) is 8.65. The standard InChI is InChI=1S/C19H24N2O4/c1-4-16(21-5-7-24-8-6-21)19(23)20-15-11-14-12(2)10-18(22)25-17(14)9-13(15)3/h9-11,16H,4-8H2,1-3H3,(H,20,23). The van der Waals surface area contributed by atoms with Crippen molar-refractivity contribution in [3.8, 4) is 0 Å². The van der Waals surface area contributed by atoms with Crippen molar-refractivity contribution >= 4 is 22.6 Å². The average molecular weight is 344 g/mol. The number of morpholine rings is 1. The zero-order valence-corrected chi connectivity index (χ0v) is 14.9. The van der Waals surface area contributed by atoms with Crippen LogP contribution in [0.4, 0.5) is 5.69 Å². The van der Waals surface area contributed by atoms with Gasteiger partial charge in [0.15, 0.2) is 0 Å². The van der Waals surface area contributed by atoms with Gasteiger partial charge in [0.1, 0.15) is 5.58 Å². The summed E-state index contributed by atoms with van der Waals surface area (Å²) >= 11 is 0. The van der Waals surface area contributed by atoms with Crippen molar-refractivity contribution in [3.63, 3.8) is 0 Å². The van der Waals surface area contributed by atoms with Crippen molar-refractivity contribution < 1.29 is 13.9 Å². The average Bonchev–Trinajstić information content (AvgIpc) is 2.57. The van der Waals surface area contributed by atoms with Gasteiger partial charge in [-0.05, 0) is 43.5 Å². The van der Waals surface area contributed by atoms with Crippen molar-refractivity contribution in [2.75, 3.05) is 31.6 Å². The van der Waals surface area contributed by atoms with Gasteiger partial charge in [-0.2, -0.15) is 0 Å². The summed E-state index contributed by atoms with van der Waals surface area (Å²) < 4.78 is 10.6. The molecule has 1 N–H and O–H groups in total. The minimum Gasteiger partial charge on any atom is -0.423 e. The van der Waals surface area contributed by atoms with Crippen LogP contribution < -0.4 is 10.9 Å². The number of fused-ring (bicyclic) bond motifs is 1. The number of hydrogen-bond acceptors (Lipinski definition) is 5. The fraction of sp³-hybridized carbons (Fsp3) is 0.474. The third-order valence-electron chi connectivity index (χ3n) is 4.73. The van der Waals surface area contributed by atoms with Gasteiger partial charge in [-0.1, -0.05) is 6.92 Å². The number of benzene rings is 1. The molecule has 0 spiro atoms. The number of carbonyl (C=O) groups excluding carboxylic acids is 1. The third-order valence-corrected chi connectivity index (χ3v) is 4.73. The molecule has 0 aliphatic carbocycles. The molecule has 1 fully saturated rings. The Morgan fingerprint density at radius 2 is 1.92 bits per heavy atom. The molecule has 134 valence electrons. The van der Waals surface area contributed by atoms with Gasteiger partial charge in [0, 0.05) is 30.2 Å². The van der Waals surface area contributed by atoms with E-state index in [1.165, 1.54) is 6.07 Å². The van der Waals surface area contributed by atoms with E-state index in [0.717, 1.165) is 41.7 Å². The number of nitrogens with one attached hydrogen (secondary N) is 1. The fourth-order valence-corrected chi connectivity index (χ4v) is 3.32. The zero-order chi connectivity index (χ0) is 18.0. The van der Waals surface area contributed by atoms with Crippen LogP contribution in [0.15, 0.2) is 27.4 Å².